The summed E-state index contributed by atoms with van der Waals surface area (Å²) in [4.78, 5) is 25.4. The molecule has 1 fully saturated rings. The van der Waals surface area contributed by atoms with E-state index in [0.717, 1.165) is 64.2 Å². The molecule has 14 heteroatoms. The van der Waals surface area contributed by atoms with E-state index in [1.807, 2.05) is 0 Å². The molecule has 0 aliphatic carbocycles. The van der Waals surface area contributed by atoms with Crippen LogP contribution in [0.25, 0.3) is 0 Å². The number of aryl methyl sites for hydroxylation is 4. The molecular weight excluding hydrogens is 739 g/mol. The average Bonchev–Trinajstić information content (AvgIpc) is 3.15. The first-order valence-electron chi connectivity index (χ1n) is 19.6. The normalized spacial score (nSPS) is 20.4. The minimum Gasteiger partial charge on any atom is -0.748 e. The second-order valence-corrected chi connectivity index (χ2v) is 15.8. The maximum absolute atomic E-state index is 12.8. The van der Waals surface area contributed by atoms with Crippen molar-refractivity contribution in [2.24, 2.45) is 0 Å². The molecule has 6 atom stereocenters. The maximum atomic E-state index is 12.8. The molecule has 0 aromatic heterocycles. The Labute approximate surface area is 349 Å². The Hall–Kier alpha value is -1.91. The summed E-state index contributed by atoms with van der Waals surface area (Å²) in [5.41, 5.74) is 5.16. The van der Waals surface area contributed by atoms with Crippen LogP contribution in [-0.4, -0.2) is 96.0 Å². The van der Waals surface area contributed by atoms with Gasteiger partial charge in [0.05, 0.1) is 22.5 Å². The zero-order chi connectivity index (χ0) is 39.3. The summed E-state index contributed by atoms with van der Waals surface area (Å²) in [6, 6.07) is 17.3. The fourth-order valence-corrected chi connectivity index (χ4v) is 6.95. The molecule has 1 heterocycles. The van der Waals surface area contributed by atoms with E-state index in [4.69, 9.17) is 18.9 Å². The third-order valence-corrected chi connectivity index (χ3v) is 10.3. The topological polar surface area (TPSA) is 189 Å². The molecule has 0 spiro atoms. The molecule has 1 saturated heterocycles. The number of esters is 2. The maximum Gasteiger partial charge on any atom is 1.00 e. The van der Waals surface area contributed by atoms with Gasteiger partial charge in [0, 0.05) is 12.8 Å². The first kappa shape index (κ1) is 49.2. The SMILES string of the molecule is CCCCc1ccc(CCCCCC(=O)OCC(CO[C@H]2O[C@H](CS(=O)(=O)[O-])[C@@H](O)[C@H](O)[C@H]2O)OC(=O)CCCCCc2ccc(CCCC)cc2)cc1.[Na+]. The third-order valence-electron chi connectivity index (χ3n) is 9.59. The van der Waals surface area contributed by atoms with Gasteiger partial charge >= 0.3 is 41.5 Å². The van der Waals surface area contributed by atoms with Crippen molar-refractivity contribution in [3.05, 3.63) is 70.8 Å². The van der Waals surface area contributed by atoms with Crippen LogP contribution in [0, 0.1) is 0 Å². The average molecular weight is 801 g/mol. The second kappa shape index (κ2) is 26.9. The predicted octanol–water partition coefficient (Wildman–Crippen LogP) is 2.11. The third kappa shape index (κ3) is 19.9. The predicted molar refractivity (Wildman–Crippen MR) is 202 cm³/mol. The molecule has 12 nitrogen and oxygen atoms in total. The number of rotatable bonds is 26. The molecule has 1 aliphatic rings. The summed E-state index contributed by atoms with van der Waals surface area (Å²) < 4.78 is 55.8. The van der Waals surface area contributed by atoms with Gasteiger partial charge in [-0.05, 0) is 86.5 Å². The zero-order valence-corrected chi connectivity index (χ0v) is 35.8. The van der Waals surface area contributed by atoms with Crippen molar-refractivity contribution in [1.29, 1.82) is 0 Å². The van der Waals surface area contributed by atoms with E-state index in [2.05, 4.69) is 62.4 Å². The van der Waals surface area contributed by atoms with Crippen LogP contribution in [0.3, 0.4) is 0 Å². The van der Waals surface area contributed by atoms with Crippen molar-refractivity contribution in [2.45, 2.75) is 153 Å². The number of carbonyl (C=O) groups is 2. The van der Waals surface area contributed by atoms with E-state index in [0.29, 0.717) is 12.8 Å². The van der Waals surface area contributed by atoms with E-state index in [1.165, 1.54) is 35.1 Å². The first-order valence-corrected chi connectivity index (χ1v) is 21.2. The van der Waals surface area contributed by atoms with Crippen LogP contribution in [-0.2, 0) is 64.3 Å². The Morgan fingerprint density at radius 3 is 1.58 bits per heavy atom. The number of aliphatic hydroxyl groups is 3. The van der Waals surface area contributed by atoms with Gasteiger partial charge in [-0.25, -0.2) is 8.42 Å². The van der Waals surface area contributed by atoms with Gasteiger partial charge in [-0.1, -0.05) is 88.1 Å². The van der Waals surface area contributed by atoms with Crippen molar-refractivity contribution < 1.29 is 86.4 Å². The van der Waals surface area contributed by atoms with Crippen LogP contribution < -0.4 is 29.6 Å². The van der Waals surface area contributed by atoms with Crippen LogP contribution in [0.4, 0.5) is 0 Å². The smallest absolute Gasteiger partial charge is 0.748 e. The summed E-state index contributed by atoms with van der Waals surface area (Å²) >= 11 is 0. The molecule has 1 unspecified atom stereocenters. The van der Waals surface area contributed by atoms with Gasteiger partial charge < -0.3 is 38.8 Å². The fraction of sp³-hybridized carbons (Fsp3) is 0.659. The summed E-state index contributed by atoms with van der Waals surface area (Å²) in [5, 5.41) is 30.8. The Morgan fingerprint density at radius 2 is 1.13 bits per heavy atom. The van der Waals surface area contributed by atoms with Gasteiger partial charge in [-0.15, -0.1) is 0 Å². The molecule has 3 N–H and O–H groups in total. The summed E-state index contributed by atoms with van der Waals surface area (Å²) in [6.45, 7) is 3.55. The molecule has 0 bridgehead atoms. The summed E-state index contributed by atoms with van der Waals surface area (Å²) in [6.07, 6.45) is 3.50. The van der Waals surface area contributed by atoms with Crippen LogP contribution in [0.5, 0.6) is 0 Å². The summed E-state index contributed by atoms with van der Waals surface area (Å²) in [7, 11) is -4.86. The van der Waals surface area contributed by atoms with Crippen molar-refractivity contribution in [3.63, 3.8) is 0 Å². The summed E-state index contributed by atoms with van der Waals surface area (Å²) in [5.74, 6) is -2.19. The van der Waals surface area contributed by atoms with Crippen LogP contribution >= 0.6 is 0 Å². The Bertz CT molecular complexity index is 1470. The van der Waals surface area contributed by atoms with Crippen molar-refractivity contribution in [1.82, 2.24) is 0 Å². The van der Waals surface area contributed by atoms with Crippen molar-refractivity contribution >= 4 is 22.1 Å². The molecule has 3 rings (SSSR count). The quantitative estimate of drug-likeness (QED) is 0.0545. The molecule has 0 amide bonds. The number of benzene rings is 2. The largest absolute Gasteiger partial charge is 1.00 e. The zero-order valence-electron chi connectivity index (χ0n) is 32.9. The monoisotopic (exact) mass is 800 g/mol. The van der Waals surface area contributed by atoms with Gasteiger partial charge in [0.25, 0.3) is 0 Å². The Kier molecular flexibility index (Phi) is 24.1. The first-order chi connectivity index (χ1) is 25.9. The second-order valence-electron chi connectivity index (χ2n) is 14.3. The van der Waals surface area contributed by atoms with Gasteiger partial charge in [0.15, 0.2) is 12.4 Å². The molecular formula is C41H61NaO12S. The number of hydrogen-bond donors (Lipinski definition) is 3. The van der Waals surface area contributed by atoms with Crippen LogP contribution in [0.2, 0.25) is 0 Å². The molecule has 2 aromatic rings. The van der Waals surface area contributed by atoms with Gasteiger partial charge in [-0.3, -0.25) is 9.59 Å². The van der Waals surface area contributed by atoms with Gasteiger partial charge in [0.2, 0.25) is 0 Å². The minimum atomic E-state index is -4.86. The van der Waals surface area contributed by atoms with Crippen LogP contribution in [0.1, 0.15) is 113 Å². The van der Waals surface area contributed by atoms with E-state index in [-0.39, 0.29) is 49.0 Å². The van der Waals surface area contributed by atoms with E-state index < -0.39 is 71.2 Å². The number of hydrogen-bond acceptors (Lipinski definition) is 12. The Balaban J connectivity index is 0.0000105. The number of ether oxygens (including phenoxy) is 4. The van der Waals surface area contributed by atoms with E-state index in [1.54, 1.807) is 0 Å². The van der Waals surface area contributed by atoms with Crippen molar-refractivity contribution in [2.75, 3.05) is 19.0 Å². The van der Waals surface area contributed by atoms with E-state index >= 15 is 0 Å². The molecule has 0 saturated carbocycles. The standard InChI is InChI=1S/C41H62O12S.Na/c1-3-5-13-30-19-23-32(24-20-30)15-9-7-11-17-36(42)50-27-34(28-51-41-40(46)39(45)38(44)35(53-41)29-54(47,48)49)52-37(43)18-12-8-10-16-33-25-21-31(22-26-33)14-6-4-2;/h19-26,34-35,38-41,44-46H,3-18,27-29H2,1-2H3,(H,47,48,49);/q;+1/p-1/t34?,35-,38-,39+,40-,41+;/m1./s1. The minimum absolute atomic E-state index is 0. The fourth-order valence-electron chi connectivity index (χ4n) is 6.27. The number of carbonyl (C=O) groups excluding carboxylic acids is 2. The number of aliphatic hydroxyl groups excluding tert-OH is 3. The molecule has 1 aliphatic heterocycles. The van der Waals surface area contributed by atoms with E-state index in [9.17, 15) is 37.9 Å². The van der Waals surface area contributed by atoms with Gasteiger partial charge in [0.1, 0.15) is 31.0 Å². The molecule has 304 valence electrons. The van der Waals surface area contributed by atoms with Crippen LogP contribution in [0.15, 0.2) is 48.5 Å². The molecule has 2 aromatic carbocycles. The Morgan fingerprint density at radius 1 is 0.673 bits per heavy atom. The van der Waals surface area contributed by atoms with Gasteiger partial charge in [-0.2, -0.15) is 0 Å². The van der Waals surface area contributed by atoms with Crippen molar-refractivity contribution in [3.8, 4) is 0 Å². The molecule has 55 heavy (non-hydrogen) atoms. The molecule has 0 radical (unpaired) electrons. The number of unbranched alkanes of at least 4 members (excludes halogenated alkanes) is 6.